The van der Waals surface area contributed by atoms with Crippen molar-refractivity contribution in [1.82, 2.24) is 9.88 Å². The molecule has 5 nitrogen and oxygen atoms in total. The molecule has 1 aromatic rings. The Balaban J connectivity index is 2.05. The second-order valence-corrected chi connectivity index (χ2v) is 5.20. The predicted octanol–water partition coefficient (Wildman–Crippen LogP) is 1.47. The summed E-state index contributed by atoms with van der Waals surface area (Å²) in [5.41, 5.74) is 0. The van der Waals surface area contributed by atoms with Gasteiger partial charge in [-0.2, -0.15) is 0 Å². The standard InChI is InChI=1S/C11H15N3O2S/c1-3-12-11-13-5-8(17-11)6-14-9(15)4-7(2)10(14)16/h5,7H,3-4,6H2,1-2H3,(H,12,13). The van der Waals surface area contributed by atoms with Gasteiger partial charge in [-0.1, -0.05) is 6.92 Å². The quantitative estimate of drug-likeness (QED) is 0.825. The fourth-order valence-electron chi connectivity index (χ4n) is 1.78. The van der Waals surface area contributed by atoms with Gasteiger partial charge in [-0.25, -0.2) is 4.98 Å². The van der Waals surface area contributed by atoms with Crippen LogP contribution in [-0.4, -0.2) is 28.2 Å². The van der Waals surface area contributed by atoms with Gasteiger partial charge in [-0.05, 0) is 6.92 Å². The minimum absolute atomic E-state index is 0.0756. The molecule has 1 atom stereocenters. The van der Waals surface area contributed by atoms with Crippen LogP contribution >= 0.6 is 11.3 Å². The molecule has 6 heteroatoms. The first kappa shape index (κ1) is 12.0. The molecule has 2 amide bonds. The van der Waals surface area contributed by atoms with Crippen LogP contribution in [0.2, 0.25) is 0 Å². The number of carbonyl (C=O) groups excluding carboxylic acids is 2. The lowest BCUT2D eigenvalue weighted by Gasteiger charge is -2.12. The Morgan fingerprint density at radius 3 is 2.94 bits per heavy atom. The van der Waals surface area contributed by atoms with E-state index in [2.05, 4.69) is 10.3 Å². The van der Waals surface area contributed by atoms with Gasteiger partial charge in [-0.15, -0.1) is 11.3 Å². The van der Waals surface area contributed by atoms with Crippen molar-refractivity contribution < 1.29 is 9.59 Å². The van der Waals surface area contributed by atoms with Gasteiger partial charge in [0.1, 0.15) is 0 Å². The zero-order chi connectivity index (χ0) is 12.4. The Morgan fingerprint density at radius 2 is 2.35 bits per heavy atom. The van der Waals surface area contributed by atoms with Gasteiger partial charge in [0.15, 0.2) is 5.13 Å². The molecule has 92 valence electrons. The molecule has 1 saturated heterocycles. The molecule has 0 spiro atoms. The minimum Gasteiger partial charge on any atom is -0.362 e. The SMILES string of the molecule is CCNc1ncc(CN2C(=O)CC(C)C2=O)s1. The van der Waals surface area contributed by atoms with E-state index in [-0.39, 0.29) is 17.7 Å². The van der Waals surface area contributed by atoms with Gasteiger partial charge in [-0.3, -0.25) is 14.5 Å². The molecule has 0 aromatic carbocycles. The average molecular weight is 253 g/mol. The Hall–Kier alpha value is -1.43. The summed E-state index contributed by atoms with van der Waals surface area (Å²) in [6.45, 7) is 4.95. The van der Waals surface area contributed by atoms with Crippen LogP contribution in [0.4, 0.5) is 5.13 Å². The summed E-state index contributed by atoms with van der Waals surface area (Å²) < 4.78 is 0. The summed E-state index contributed by atoms with van der Waals surface area (Å²) in [4.78, 5) is 29.8. The third-order valence-electron chi connectivity index (χ3n) is 2.66. The third kappa shape index (κ3) is 2.46. The first-order valence-electron chi connectivity index (χ1n) is 5.64. The monoisotopic (exact) mass is 253 g/mol. The van der Waals surface area contributed by atoms with Crippen molar-refractivity contribution in [3.8, 4) is 0 Å². The van der Waals surface area contributed by atoms with E-state index in [0.717, 1.165) is 16.6 Å². The van der Waals surface area contributed by atoms with Crippen LogP contribution in [0.25, 0.3) is 0 Å². The van der Waals surface area contributed by atoms with E-state index in [1.165, 1.54) is 16.2 Å². The van der Waals surface area contributed by atoms with Crippen molar-refractivity contribution in [2.75, 3.05) is 11.9 Å². The van der Waals surface area contributed by atoms with Gasteiger partial charge in [0.25, 0.3) is 0 Å². The second kappa shape index (κ2) is 4.83. The molecular formula is C11H15N3O2S. The van der Waals surface area contributed by atoms with Crippen LogP contribution in [0.15, 0.2) is 6.20 Å². The first-order chi connectivity index (χ1) is 8.11. The summed E-state index contributed by atoms with van der Waals surface area (Å²) in [6, 6.07) is 0. The van der Waals surface area contributed by atoms with Crippen molar-refractivity contribution >= 4 is 28.3 Å². The van der Waals surface area contributed by atoms with Crippen molar-refractivity contribution in [1.29, 1.82) is 0 Å². The largest absolute Gasteiger partial charge is 0.362 e. The maximum atomic E-state index is 11.7. The molecule has 2 rings (SSSR count). The number of amides is 2. The van der Waals surface area contributed by atoms with Crippen LogP contribution < -0.4 is 5.32 Å². The van der Waals surface area contributed by atoms with Gasteiger partial charge >= 0.3 is 0 Å². The van der Waals surface area contributed by atoms with Crippen LogP contribution in [0.3, 0.4) is 0 Å². The van der Waals surface area contributed by atoms with E-state index in [4.69, 9.17) is 0 Å². The number of anilines is 1. The van der Waals surface area contributed by atoms with E-state index in [1.54, 1.807) is 13.1 Å². The third-order valence-corrected chi connectivity index (χ3v) is 3.60. The van der Waals surface area contributed by atoms with Gasteiger partial charge in [0.2, 0.25) is 11.8 Å². The van der Waals surface area contributed by atoms with Gasteiger partial charge in [0.05, 0.1) is 6.54 Å². The van der Waals surface area contributed by atoms with Crippen LogP contribution in [0.5, 0.6) is 0 Å². The topological polar surface area (TPSA) is 62.3 Å². The molecule has 0 saturated carbocycles. The number of hydrogen-bond acceptors (Lipinski definition) is 5. The van der Waals surface area contributed by atoms with E-state index >= 15 is 0 Å². The molecule has 1 N–H and O–H groups in total. The number of thiazole rings is 1. The van der Waals surface area contributed by atoms with E-state index in [1.807, 2.05) is 6.92 Å². The van der Waals surface area contributed by atoms with E-state index in [0.29, 0.717) is 13.0 Å². The number of likely N-dealkylation sites (tertiary alicyclic amines) is 1. The second-order valence-electron chi connectivity index (χ2n) is 4.09. The van der Waals surface area contributed by atoms with Crippen molar-refractivity contribution in [3.05, 3.63) is 11.1 Å². The van der Waals surface area contributed by atoms with Gasteiger partial charge in [0, 0.05) is 30.0 Å². The van der Waals surface area contributed by atoms with E-state index < -0.39 is 0 Å². The molecule has 0 bridgehead atoms. The highest BCUT2D eigenvalue weighted by Crippen LogP contribution is 2.24. The number of nitrogens with zero attached hydrogens (tertiary/aromatic N) is 2. The maximum absolute atomic E-state index is 11.7. The summed E-state index contributed by atoms with van der Waals surface area (Å²) in [6.07, 6.45) is 2.05. The highest BCUT2D eigenvalue weighted by Gasteiger charge is 2.35. The summed E-state index contributed by atoms with van der Waals surface area (Å²) in [5.74, 6) is -0.335. The molecule has 1 aliphatic rings. The molecule has 1 fully saturated rings. The molecule has 0 radical (unpaired) electrons. The number of aromatic nitrogens is 1. The summed E-state index contributed by atoms with van der Waals surface area (Å²) >= 11 is 1.48. The fraction of sp³-hybridized carbons (Fsp3) is 0.545. The summed E-state index contributed by atoms with van der Waals surface area (Å²) in [7, 11) is 0. The number of hydrogen-bond donors (Lipinski definition) is 1. The molecule has 1 aromatic heterocycles. The lowest BCUT2D eigenvalue weighted by atomic mass is 10.1. The predicted molar refractivity (Wildman–Crippen MR) is 65.6 cm³/mol. The smallest absolute Gasteiger partial charge is 0.232 e. The molecule has 1 aliphatic heterocycles. The highest BCUT2D eigenvalue weighted by molar-refractivity contribution is 7.15. The number of nitrogens with one attached hydrogen (secondary N) is 1. The van der Waals surface area contributed by atoms with Crippen LogP contribution in [0.1, 0.15) is 25.1 Å². The lowest BCUT2D eigenvalue weighted by Crippen LogP contribution is -2.29. The highest BCUT2D eigenvalue weighted by atomic mass is 32.1. The van der Waals surface area contributed by atoms with E-state index in [9.17, 15) is 9.59 Å². The molecule has 1 unspecified atom stereocenters. The zero-order valence-electron chi connectivity index (χ0n) is 9.90. The van der Waals surface area contributed by atoms with Gasteiger partial charge < -0.3 is 5.32 Å². The Labute approximate surface area is 104 Å². The normalized spacial score (nSPS) is 20.1. The first-order valence-corrected chi connectivity index (χ1v) is 6.46. The Morgan fingerprint density at radius 1 is 1.59 bits per heavy atom. The minimum atomic E-state index is -0.177. The summed E-state index contributed by atoms with van der Waals surface area (Å²) in [5, 5.41) is 3.93. The zero-order valence-corrected chi connectivity index (χ0v) is 10.7. The molecular weight excluding hydrogens is 238 g/mol. The average Bonchev–Trinajstić information content (AvgIpc) is 2.81. The van der Waals surface area contributed by atoms with Crippen molar-refractivity contribution in [2.24, 2.45) is 5.92 Å². The van der Waals surface area contributed by atoms with Crippen LogP contribution in [0, 0.1) is 5.92 Å². The molecule has 2 heterocycles. The van der Waals surface area contributed by atoms with Crippen molar-refractivity contribution in [2.45, 2.75) is 26.8 Å². The maximum Gasteiger partial charge on any atom is 0.232 e. The fourth-order valence-corrected chi connectivity index (χ4v) is 2.65. The Bertz CT molecular complexity index is 444. The molecule has 17 heavy (non-hydrogen) atoms. The van der Waals surface area contributed by atoms with Crippen LogP contribution in [-0.2, 0) is 16.1 Å². The lowest BCUT2D eigenvalue weighted by molar-refractivity contribution is -0.139. The number of carbonyl (C=O) groups is 2. The van der Waals surface area contributed by atoms with Crippen molar-refractivity contribution in [3.63, 3.8) is 0 Å². The molecule has 0 aliphatic carbocycles. The number of rotatable bonds is 4. The number of imide groups is 1. The Kier molecular flexibility index (Phi) is 3.42.